The zero-order valence-electron chi connectivity index (χ0n) is 13.4. The van der Waals surface area contributed by atoms with Crippen LogP contribution in [0.25, 0.3) is 0 Å². The minimum absolute atomic E-state index is 0.0855. The van der Waals surface area contributed by atoms with Gasteiger partial charge in [-0.15, -0.1) is 0 Å². The summed E-state index contributed by atoms with van der Waals surface area (Å²) in [6.45, 7) is 6.99. The number of rotatable bonds is 6. The van der Waals surface area contributed by atoms with E-state index in [1.807, 2.05) is 0 Å². The van der Waals surface area contributed by atoms with Gasteiger partial charge >= 0.3 is 0 Å². The Bertz CT molecular complexity index is 571. The maximum atomic E-state index is 12.2. The first-order valence-electron chi connectivity index (χ1n) is 7.60. The molecule has 1 amide bonds. The molecule has 1 aromatic carbocycles. The lowest BCUT2D eigenvalue weighted by molar-refractivity contribution is -0.384. The molecule has 1 fully saturated rings. The molecule has 1 aliphatic rings. The van der Waals surface area contributed by atoms with Crippen molar-refractivity contribution >= 4 is 17.3 Å². The van der Waals surface area contributed by atoms with Gasteiger partial charge in [0.25, 0.3) is 5.69 Å². The molecule has 0 unspecified atom stereocenters. The molecule has 1 saturated heterocycles. The number of nitrogens with zero attached hydrogens (tertiary/aromatic N) is 3. The second kappa shape index (κ2) is 7.89. The summed E-state index contributed by atoms with van der Waals surface area (Å²) in [5.74, 6) is 0.202. The second-order valence-electron chi connectivity index (χ2n) is 5.40. The lowest BCUT2D eigenvalue weighted by Gasteiger charge is -2.33. The fourth-order valence-corrected chi connectivity index (χ4v) is 2.56. The van der Waals surface area contributed by atoms with Crippen LogP contribution in [0.2, 0.25) is 0 Å². The quantitative estimate of drug-likeness (QED) is 0.625. The largest absolute Gasteiger partial charge is 0.495 e. The third-order valence-electron chi connectivity index (χ3n) is 3.95. The molecule has 1 heterocycles. The van der Waals surface area contributed by atoms with Gasteiger partial charge in [0.2, 0.25) is 5.91 Å². The Morgan fingerprint density at radius 2 is 1.96 bits per heavy atom. The second-order valence-corrected chi connectivity index (χ2v) is 5.40. The average molecular weight is 322 g/mol. The van der Waals surface area contributed by atoms with Crippen molar-refractivity contribution in [2.75, 3.05) is 51.7 Å². The van der Waals surface area contributed by atoms with E-state index >= 15 is 0 Å². The third-order valence-corrected chi connectivity index (χ3v) is 3.95. The number of nitrogens with one attached hydrogen (secondary N) is 1. The van der Waals surface area contributed by atoms with Crippen molar-refractivity contribution in [3.05, 3.63) is 28.3 Å². The number of carbonyl (C=O) groups excluding carboxylic acids is 1. The number of likely N-dealkylation sites (N-methyl/N-ethyl adjacent to an activating group) is 1. The fraction of sp³-hybridized carbons (Fsp3) is 0.533. The number of ether oxygens (including phenoxy) is 1. The van der Waals surface area contributed by atoms with E-state index in [2.05, 4.69) is 22.0 Å². The Kier molecular flexibility index (Phi) is 5.89. The maximum absolute atomic E-state index is 12.2. The first-order valence-corrected chi connectivity index (χ1v) is 7.60. The molecular formula is C15H22N4O4. The summed E-state index contributed by atoms with van der Waals surface area (Å²) in [6.07, 6.45) is 0. The average Bonchev–Trinajstić information content (AvgIpc) is 2.55. The van der Waals surface area contributed by atoms with Gasteiger partial charge in [0.05, 0.1) is 24.3 Å². The van der Waals surface area contributed by atoms with Gasteiger partial charge in [0.1, 0.15) is 5.75 Å². The summed E-state index contributed by atoms with van der Waals surface area (Å²) in [5.41, 5.74) is 0.233. The molecule has 2 rings (SSSR count). The van der Waals surface area contributed by atoms with Gasteiger partial charge < -0.3 is 15.0 Å². The number of carbonyl (C=O) groups is 1. The van der Waals surface area contributed by atoms with Crippen molar-refractivity contribution in [3.8, 4) is 5.75 Å². The molecule has 1 N–H and O–H groups in total. The molecule has 0 saturated carbocycles. The van der Waals surface area contributed by atoms with Crippen LogP contribution in [0.5, 0.6) is 5.75 Å². The molecule has 0 radical (unpaired) electrons. The van der Waals surface area contributed by atoms with Gasteiger partial charge in [-0.2, -0.15) is 0 Å². The Hall–Kier alpha value is -2.19. The topological polar surface area (TPSA) is 88.0 Å². The van der Waals surface area contributed by atoms with E-state index in [1.165, 1.54) is 25.3 Å². The monoisotopic (exact) mass is 322 g/mol. The molecule has 0 spiro atoms. The maximum Gasteiger partial charge on any atom is 0.271 e. The highest BCUT2D eigenvalue weighted by Gasteiger charge is 2.19. The molecule has 0 atom stereocenters. The van der Waals surface area contributed by atoms with Crippen molar-refractivity contribution in [3.63, 3.8) is 0 Å². The van der Waals surface area contributed by atoms with Crippen LogP contribution in [0.4, 0.5) is 11.4 Å². The van der Waals surface area contributed by atoms with Gasteiger partial charge in [0, 0.05) is 38.3 Å². The van der Waals surface area contributed by atoms with E-state index in [0.717, 1.165) is 32.7 Å². The predicted molar refractivity (Wildman–Crippen MR) is 86.8 cm³/mol. The van der Waals surface area contributed by atoms with Crippen molar-refractivity contribution in [2.45, 2.75) is 6.92 Å². The molecule has 1 aromatic rings. The lowest BCUT2D eigenvalue weighted by Crippen LogP contribution is -2.48. The van der Waals surface area contributed by atoms with Crippen LogP contribution in [0.1, 0.15) is 6.92 Å². The van der Waals surface area contributed by atoms with Crippen LogP contribution in [0, 0.1) is 10.1 Å². The standard InChI is InChI=1S/C15H22N4O4/c1-3-17-6-8-18(9-7-17)11-15(20)16-13-10-12(19(21)22)4-5-14(13)23-2/h4-5,10H,3,6-9,11H2,1-2H3,(H,16,20). The Morgan fingerprint density at radius 3 is 2.52 bits per heavy atom. The van der Waals surface area contributed by atoms with Gasteiger partial charge in [-0.25, -0.2) is 0 Å². The minimum Gasteiger partial charge on any atom is -0.495 e. The van der Waals surface area contributed by atoms with Crippen LogP contribution in [-0.2, 0) is 4.79 Å². The molecule has 0 aliphatic carbocycles. The highest BCUT2D eigenvalue weighted by molar-refractivity contribution is 5.94. The fourth-order valence-electron chi connectivity index (χ4n) is 2.56. The summed E-state index contributed by atoms with van der Waals surface area (Å²) in [4.78, 5) is 26.9. The number of anilines is 1. The molecule has 0 bridgehead atoms. The highest BCUT2D eigenvalue weighted by Crippen LogP contribution is 2.28. The number of benzene rings is 1. The number of nitro benzene ring substituents is 1. The zero-order chi connectivity index (χ0) is 16.8. The van der Waals surface area contributed by atoms with Crippen molar-refractivity contribution in [1.82, 2.24) is 9.80 Å². The van der Waals surface area contributed by atoms with Crippen LogP contribution < -0.4 is 10.1 Å². The number of non-ortho nitro benzene ring substituents is 1. The minimum atomic E-state index is -0.501. The first kappa shape index (κ1) is 17.2. The molecular weight excluding hydrogens is 300 g/mol. The van der Waals surface area contributed by atoms with Crippen LogP contribution in [-0.4, -0.2) is 67.0 Å². The number of piperazine rings is 1. The summed E-state index contributed by atoms with van der Waals surface area (Å²) in [7, 11) is 1.46. The Balaban J connectivity index is 1.97. The van der Waals surface area contributed by atoms with E-state index in [4.69, 9.17) is 4.74 Å². The van der Waals surface area contributed by atoms with Gasteiger partial charge in [-0.1, -0.05) is 6.92 Å². The molecule has 1 aliphatic heterocycles. The molecule has 8 nitrogen and oxygen atoms in total. The summed E-state index contributed by atoms with van der Waals surface area (Å²) in [5, 5.41) is 13.6. The summed E-state index contributed by atoms with van der Waals surface area (Å²) >= 11 is 0. The van der Waals surface area contributed by atoms with E-state index in [9.17, 15) is 14.9 Å². The first-order chi connectivity index (χ1) is 11.0. The normalized spacial score (nSPS) is 16.1. The van der Waals surface area contributed by atoms with Crippen molar-refractivity contribution in [2.24, 2.45) is 0 Å². The number of hydrogen-bond donors (Lipinski definition) is 1. The molecule has 8 heteroatoms. The molecule has 23 heavy (non-hydrogen) atoms. The summed E-state index contributed by atoms with van der Waals surface area (Å²) < 4.78 is 5.14. The predicted octanol–water partition coefficient (Wildman–Crippen LogP) is 1.18. The number of amides is 1. The van der Waals surface area contributed by atoms with Crippen molar-refractivity contribution < 1.29 is 14.5 Å². The smallest absolute Gasteiger partial charge is 0.271 e. The SMILES string of the molecule is CCN1CCN(CC(=O)Nc2cc([N+](=O)[O-])ccc2OC)CC1. The third kappa shape index (κ3) is 4.64. The number of methoxy groups -OCH3 is 1. The molecule has 0 aromatic heterocycles. The Labute approximate surface area is 135 Å². The van der Waals surface area contributed by atoms with Gasteiger partial charge in [-0.3, -0.25) is 19.8 Å². The Morgan fingerprint density at radius 1 is 1.30 bits per heavy atom. The number of hydrogen-bond acceptors (Lipinski definition) is 6. The van der Waals surface area contributed by atoms with Crippen molar-refractivity contribution in [1.29, 1.82) is 0 Å². The van der Waals surface area contributed by atoms with Gasteiger partial charge in [0.15, 0.2) is 0 Å². The van der Waals surface area contributed by atoms with E-state index < -0.39 is 4.92 Å². The summed E-state index contributed by atoms with van der Waals surface area (Å²) in [6, 6.07) is 4.14. The van der Waals surface area contributed by atoms with Crippen LogP contribution in [0.15, 0.2) is 18.2 Å². The van der Waals surface area contributed by atoms with Crippen LogP contribution in [0.3, 0.4) is 0 Å². The molecule has 126 valence electrons. The van der Waals surface area contributed by atoms with E-state index in [1.54, 1.807) is 0 Å². The van der Waals surface area contributed by atoms with E-state index in [0.29, 0.717) is 11.4 Å². The van der Waals surface area contributed by atoms with Gasteiger partial charge in [-0.05, 0) is 12.6 Å². The lowest BCUT2D eigenvalue weighted by atomic mass is 10.2. The van der Waals surface area contributed by atoms with E-state index in [-0.39, 0.29) is 18.1 Å². The highest BCUT2D eigenvalue weighted by atomic mass is 16.6. The zero-order valence-corrected chi connectivity index (χ0v) is 13.4. The number of nitro groups is 1. The van der Waals surface area contributed by atoms with Crippen LogP contribution >= 0.6 is 0 Å².